The molecule has 74 valence electrons. The number of hydrogen-bond donors (Lipinski definition) is 0. The summed E-state index contributed by atoms with van der Waals surface area (Å²) in [6.07, 6.45) is 3.23. The maximum absolute atomic E-state index is 6.27. The van der Waals surface area contributed by atoms with Crippen molar-refractivity contribution in [3.63, 3.8) is 0 Å². The van der Waals surface area contributed by atoms with E-state index in [1.807, 2.05) is 0 Å². The fourth-order valence-electron chi connectivity index (χ4n) is 1.20. The molecule has 0 radical (unpaired) electrons. The number of hydrogen-bond acceptors (Lipinski definition) is 2. The van der Waals surface area contributed by atoms with Gasteiger partial charge in [-0.3, -0.25) is 0 Å². The third-order valence-electron chi connectivity index (χ3n) is 1.78. The summed E-state index contributed by atoms with van der Waals surface area (Å²) in [7, 11) is 3.33. The Balaban J connectivity index is 3.80. The summed E-state index contributed by atoms with van der Waals surface area (Å²) in [5, 5.41) is 0. The zero-order chi connectivity index (χ0) is 9.45. The molecule has 0 aliphatic rings. The van der Waals surface area contributed by atoms with Crippen molar-refractivity contribution >= 4 is 11.6 Å². The molecule has 12 heavy (non-hydrogen) atoms. The van der Waals surface area contributed by atoms with Gasteiger partial charge in [0.1, 0.15) is 0 Å². The Kier molecular flexibility index (Phi) is 6.81. The van der Waals surface area contributed by atoms with Crippen molar-refractivity contribution in [2.24, 2.45) is 0 Å². The summed E-state index contributed by atoms with van der Waals surface area (Å²) in [5.41, 5.74) is 0. The van der Waals surface area contributed by atoms with Crippen LogP contribution in [-0.2, 0) is 9.47 Å². The van der Waals surface area contributed by atoms with E-state index in [-0.39, 0.29) is 4.87 Å². The van der Waals surface area contributed by atoms with Crippen molar-refractivity contribution in [2.75, 3.05) is 27.4 Å². The molecule has 0 aromatic carbocycles. The summed E-state index contributed by atoms with van der Waals surface area (Å²) in [4.78, 5) is -0.320. The fourth-order valence-corrected chi connectivity index (χ4v) is 1.55. The number of ether oxygens (including phenoxy) is 2. The van der Waals surface area contributed by atoms with Crippen LogP contribution in [0.15, 0.2) is 0 Å². The molecule has 0 unspecified atom stereocenters. The van der Waals surface area contributed by atoms with Gasteiger partial charge in [0.2, 0.25) is 0 Å². The second-order valence-corrected chi connectivity index (χ2v) is 3.92. The van der Waals surface area contributed by atoms with Crippen LogP contribution in [0.5, 0.6) is 0 Å². The first kappa shape index (κ1) is 12.2. The summed E-state index contributed by atoms with van der Waals surface area (Å²) in [6.45, 7) is 3.27. The van der Waals surface area contributed by atoms with E-state index in [4.69, 9.17) is 21.1 Å². The first-order valence-electron chi connectivity index (χ1n) is 4.35. The summed E-state index contributed by atoms with van der Waals surface area (Å²) in [6, 6.07) is 0. The highest BCUT2D eigenvalue weighted by molar-refractivity contribution is 6.24. The van der Waals surface area contributed by atoms with Crippen molar-refractivity contribution in [1.82, 2.24) is 0 Å². The summed E-state index contributed by atoms with van der Waals surface area (Å²) >= 11 is 6.27. The van der Waals surface area contributed by atoms with Gasteiger partial charge in [0.05, 0.1) is 18.1 Å². The lowest BCUT2D eigenvalue weighted by atomic mass is 10.0. The van der Waals surface area contributed by atoms with Crippen molar-refractivity contribution < 1.29 is 9.47 Å². The van der Waals surface area contributed by atoms with Gasteiger partial charge in [0.25, 0.3) is 0 Å². The first-order chi connectivity index (χ1) is 5.68. The second kappa shape index (κ2) is 6.70. The molecule has 0 aromatic rings. The van der Waals surface area contributed by atoms with Gasteiger partial charge in [-0.2, -0.15) is 0 Å². The van der Waals surface area contributed by atoms with E-state index in [0.717, 1.165) is 19.3 Å². The smallest absolute Gasteiger partial charge is 0.0911 e. The molecule has 0 saturated carbocycles. The van der Waals surface area contributed by atoms with Gasteiger partial charge >= 0.3 is 0 Å². The van der Waals surface area contributed by atoms with Crippen LogP contribution in [-0.4, -0.2) is 32.3 Å². The molecule has 0 aliphatic carbocycles. The lowest BCUT2D eigenvalue weighted by molar-refractivity contribution is 0.0943. The van der Waals surface area contributed by atoms with Gasteiger partial charge in [0.15, 0.2) is 0 Å². The van der Waals surface area contributed by atoms with Crippen LogP contribution in [0.3, 0.4) is 0 Å². The molecule has 0 fully saturated rings. The molecule has 0 aliphatic heterocycles. The highest BCUT2D eigenvalue weighted by atomic mass is 35.5. The molecule has 0 spiro atoms. The predicted molar refractivity (Wildman–Crippen MR) is 51.9 cm³/mol. The van der Waals surface area contributed by atoms with Gasteiger partial charge in [-0.15, -0.1) is 11.6 Å². The first-order valence-corrected chi connectivity index (χ1v) is 4.73. The van der Waals surface area contributed by atoms with E-state index in [1.165, 1.54) is 0 Å². The fraction of sp³-hybridized carbons (Fsp3) is 1.00. The average molecular weight is 195 g/mol. The summed E-state index contributed by atoms with van der Waals surface area (Å²) in [5.74, 6) is 0. The Labute approximate surface area is 80.2 Å². The molecule has 0 amide bonds. The highest BCUT2D eigenvalue weighted by Gasteiger charge is 2.26. The number of rotatable bonds is 7. The zero-order valence-electron chi connectivity index (χ0n) is 8.23. The molecule has 0 rings (SSSR count). The Morgan fingerprint density at radius 1 is 1.17 bits per heavy atom. The van der Waals surface area contributed by atoms with E-state index in [0.29, 0.717) is 13.2 Å². The summed E-state index contributed by atoms with van der Waals surface area (Å²) < 4.78 is 10.1. The van der Waals surface area contributed by atoms with Crippen LogP contribution >= 0.6 is 11.6 Å². The highest BCUT2D eigenvalue weighted by Crippen LogP contribution is 2.23. The van der Waals surface area contributed by atoms with Gasteiger partial charge in [-0.25, -0.2) is 0 Å². The van der Waals surface area contributed by atoms with Gasteiger partial charge in [-0.05, 0) is 6.42 Å². The topological polar surface area (TPSA) is 18.5 Å². The third kappa shape index (κ3) is 4.96. The third-order valence-corrected chi connectivity index (χ3v) is 2.19. The van der Waals surface area contributed by atoms with E-state index >= 15 is 0 Å². The van der Waals surface area contributed by atoms with Crippen molar-refractivity contribution in [3.8, 4) is 0 Å². The minimum atomic E-state index is -0.320. The Morgan fingerprint density at radius 3 is 2.00 bits per heavy atom. The molecule has 2 nitrogen and oxygen atoms in total. The average Bonchev–Trinajstić information content (AvgIpc) is 2.02. The lowest BCUT2D eigenvalue weighted by Crippen LogP contribution is -2.32. The largest absolute Gasteiger partial charge is 0.383 e. The predicted octanol–water partition coefficient (Wildman–Crippen LogP) is 2.45. The van der Waals surface area contributed by atoms with Crippen molar-refractivity contribution in [1.29, 1.82) is 0 Å². The standard InChI is InChI=1S/C9H19ClO2/c1-4-5-6-9(10,7-11-2)8-12-3/h4-8H2,1-3H3. The van der Waals surface area contributed by atoms with Crippen molar-refractivity contribution in [2.45, 2.75) is 31.1 Å². The maximum Gasteiger partial charge on any atom is 0.0911 e. The van der Waals surface area contributed by atoms with Crippen molar-refractivity contribution in [3.05, 3.63) is 0 Å². The number of methoxy groups -OCH3 is 2. The van der Waals surface area contributed by atoms with E-state index in [2.05, 4.69) is 6.92 Å². The Hall–Kier alpha value is 0.210. The minimum Gasteiger partial charge on any atom is -0.383 e. The van der Waals surface area contributed by atoms with E-state index in [1.54, 1.807) is 14.2 Å². The van der Waals surface area contributed by atoms with Crippen LogP contribution in [0, 0.1) is 0 Å². The molecule has 0 aromatic heterocycles. The zero-order valence-corrected chi connectivity index (χ0v) is 8.99. The monoisotopic (exact) mass is 194 g/mol. The number of halogens is 1. The Morgan fingerprint density at radius 2 is 1.67 bits per heavy atom. The van der Waals surface area contributed by atoms with Gasteiger partial charge < -0.3 is 9.47 Å². The minimum absolute atomic E-state index is 0.320. The van der Waals surface area contributed by atoms with E-state index < -0.39 is 0 Å². The Bertz CT molecular complexity index is 101. The van der Waals surface area contributed by atoms with Crippen LogP contribution in [0.25, 0.3) is 0 Å². The maximum atomic E-state index is 6.27. The molecule has 3 heteroatoms. The van der Waals surface area contributed by atoms with Gasteiger partial charge in [0, 0.05) is 14.2 Å². The molecular formula is C9H19ClO2. The SMILES string of the molecule is CCCCC(Cl)(COC)COC. The normalized spacial score (nSPS) is 12.0. The van der Waals surface area contributed by atoms with Crippen LogP contribution in [0.2, 0.25) is 0 Å². The second-order valence-electron chi connectivity index (χ2n) is 3.12. The number of alkyl halides is 1. The molecular weight excluding hydrogens is 176 g/mol. The quantitative estimate of drug-likeness (QED) is 0.580. The van der Waals surface area contributed by atoms with Crippen LogP contribution in [0.4, 0.5) is 0 Å². The lowest BCUT2D eigenvalue weighted by Gasteiger charge is -2.24. The molecule has 0 N–H and O–H groups in total. The molecule has 0 atom stereocenters. The molecule has 0 saturated heterocycles. The van der Waals surface area contributed by atoms with E-state index in [9.17, 15) is 0 Å². The molecule has 0 heterocycles. The molecule has 0 bridgehead atoms. The number of unbranched alkanes of at least 4 members (excludes halogenated alkanes) is 1. The van der Waals surface area contributed by atoms with Crippen LogP contribution in [0.1, 0.15) is 26.2 Å². The van der Waals surface area contributed by atoms with Gasteiger partial charge in [-0.1, -0.05) is 19.8 Å². The van der Waals surface area contributed by atoms with Crippen LogP contribution < -0.4 is 0 Å².